The van der Waals surface area contributed by atoms with Gasteiger partial charge in [0.25, 0.3) is 0 Å². The molecule has 1 N–H and O–H groups in total. The van der Waals surface area contributed by atoms with E-state index in [-0.39, 0.29) is 11.7 Å². The number of para-hydroxylation sites is 1. The number of aromatic nitrogens is 3. The second kappa shape index (κ2) is 7.43. The molecule has 1 aromatic carbocycles. The fourth-order valence-corrected chi connectivity index (χ4v) is 2.61. The van der Waals surface area contributed by atoms with Gasteiger partial charge in [-0.15, -0.1) is 16.8 Å². The summed E-state index contributed by atoms with van der Waals surface area (Å²) < 4.78 is 1.88. The molecule has 112 valence electrons. The lowest BCUT2D eigenvalue weighted by atomic mass is 10.2. The van der Waals surface area contributed by atoms with Crippen LogP contribution in [0.3, 0.4) is 0 Å². The zero-order valence-corrected chi connectivity index (χ0v) is 12.9. The summed E-state index contributed by atoms with van der Waals surface area (Å²) in [5, 5.41) is 20.4. The van der Waals surface area contributed by atoms with Crippen molar-refractivity contribution in [2.45, 2.75) is 18.6 Å². The first-order chi connectivity index (χ1) is 10.7. The van der Waals surface area contributed by atoms with Gasteiger partial charge in [0.1, 0.15) is 11.9 Å². The fourth-order valence-electron chi connectivity index (χ4n) is 1.81. The highest BCUT2D eigenvalue weighted by Crippen LogP contribution is 2.18. The number of carbonyl (C=O) groups excluding carboxylic acids is 1. The predicted molar refractivity (Wildman–Crippen MR) is 85.5 cm³/mol. The van der Waals surface area contributed by atoms with Crippen molar-refractivity contribution in [3.8, 4) is 6.07 Å². The maximum absolute atomic E-state index is 12.0. The molecule has 0 atom stereocenters. The fraction of sp³-hybridized carbons (Fsp3) is 0.200. The lowest BCUT2D eigenvalue weighted by Gasteiger charge is -2.07. The van der Waals surface area contributed by atoms with Crippen molar-refractivity contribution in [1.82, 2.24) is 14.8 Å². The van der Waals surface area contributed by atoms with E-state index < -0.39 is 0 Å². The highest BCUT2D eigenvalue weighted by molar-refractivity contribution is 7.99. The summed E-state index contributed by atoms with van der Waals surface area (Å²) in [6.45, 7) is 6.14. The first-order valence-electron chi connectivity index (χ1n) is 6.58. The quantitative estimate of drug-likeness (QED) is 0.654. The van der Waals surface area contributed by atoms with Crippen molar-refractivity contribution in [3.05, 3.63) is 48.3 Å². The number of nitrogens with one attached hydrogen (secondary N) is 1. The summed E-state index contributed by atoms with van der Waals surface area (Å²) in [6, 6.07) is 8.93. The van der Waals surface area contributed by atoms with Gasteiger partial charge in [0.15, 0.2) is 5.16 Å². The SMILES string of the molecule is C=CCn1c(C)nnc1SCC(=O)Nc1ccccc1C#N. The Labute approximate surface area is 132 Å². The Kier molecular flexibility index (Phi) is 5.33. The molecule has 22 heavy (non-hydrogen) atoms. The van der Waals surface area contributed by atoms with Crippen molar-refractivity contribution < 1.29 is 4.79 Å². The van der Waals surface area contributed by atoms with Gasteiger partial charge < -0.3 is 9.88 Å². The molecular weight excluding hydrogens is 298 g/mol. The van der Waals surface area contributed by atoms with Crippen LogP contribution in [0.4, 0.5) is 5.69 Å². The van der Waals surface area contributed by atoms with Crippen molar-refractivity contribution in [3.63, 3.8) is 0 Å². The van der Waals surface area contributed by atoms with E-state index in [4.69, 9.17) is 5.26 Å². The van der Waals surface area contributed by atoms with Crippen molar-refractivity contribution >= 4 is 23.4 Å². The number of nitriles is 1. The van der Waals surface area contributed by atoms with Gasteiger partial charge in [0.2, 0.25) is 5.91 Å². The van der Waals surface area contributed by atoms with Crippen LogP contribution in [0.25, 0.3) is 0 Å². The van der Waals surface area contributed by atoms with Crippen molar-refractivity contribution in [2.24, 2.45) is 0 Å². The summed E-state index contributed by atoms with van der Waals surface area (Å²) >= 11 is 1.30. The van der Waals surface area contributed by atoms with Crippen LogP contribution in [-0.2, 0) is 11.3 Å². The van der Waals surface area contributed by atoms with Gasteiger partial charge >= 0.3 is 0 Å². The topological polar surface area (TPSA) is 83.6 Å². The Morgan fingerprint density at radius 2 is 2.27 bits per heavy atom. The maximum Gasteiger partial charge on any atom is 0.234 e. The number of benzene rings is 1. The molecular formula is C15H15N5OS. The number of hydrogen-bond donors (Lipinski definition) is 1. The van der Waals surface area contributed by atoms with E-state index in [0.717, 1.165) is 5.82 Å². The highest BCUT2D eigenvalue weighted by Gasteiger charge is 2.12. The van der Waals surface area contributed by atoms with E-state index in [0.29, 0.717) is 23.0 Å². The van der Waals surface area contributed by atoms with Gasteiger partial charge in [-0.2, -0.15) is 5.26 Å². The number of allylic oxidation sites excluding steroid dienone is 1. The summed E-state index contributed by atoms with van der Waals surface area (Å²) in [7, 11) is 0. The van der Waals surface area contributed by atoms with Crippen LogP contribution < -0.4 is 5.32 Å². The number of carbonyl (C=O) groups is 1. The van der Waals surface area contributed by atoms with Gasteiger partial charge in [-0.25, -0.2) is 0 Å². The molecule has 1 aromatic heterocycles. The smallest absolute Gasteiger partial charge is 0.234 e. The highest BCUT2D eigenvalue weighted by atomic mass is 32.2. The number of anilines is 1. The lowest BCUT2D eigenvalue weighted by Crippen LogP contribution is -2.15. The average Bonchev–Trinajstić information content (AvgIpc) is 2.87. The summed E-state index contributed by atoms with van der Waals surface area (Å²) in [5.74, 6) is 0.769. The van der Waals surface area contributed by atoms with Gasteiger partial charge in [0, 0.05) is 6.54 Å². The first kappa shape index (κ1) is 15.8. The molecule has 0 unspecified atom stereocenters. The number of rotatable bonds is 6. The Morgan fingerprint density at radius 3 is 3.00 bits per heavy atom. The third kappa shape index (κ3) is 3.74. The zero-order valence-electron chi connectivity index (χ0n) is 12.1. The molecule has 0 aliphatic heterocycles. The van der Waals surface area contributed by atoms with E-state index in [1.165, 1.54) is 11.8 Å². The van der Waals surface area contributed by atoms with Gasteiger partial charge in [0.05, 0.1) is 17.0 Å². The zero-order chi connectivity index (χ0) is 15.9. The van der Waals surface area contributed by atoms with Crippen LogP contribution in [0.5, 0.6) is 0 Å². The molecule has 0 bridgehead atoms. The summed E-state index contributed by atoms with van der Waals surface area (Å²) in [5.41, 5.74) is 0.950. The van der Waals surface area contributed by atoms with Crippen LogP contribution in [0.2, 0.25) is 0 Å². The van der Waals surface area contributed by atoms with Crippen LogP contribution in [0, 0.1) is 18.3 Å². The van der Waals surface area contributed by atoms with Crippen molar-refractivity contribution in [2.75, 3.05) is 11.1 Å². The monoisotopic (exact) mass is 313 g/mol. The largest absolute Gasteiger partial charge is 0.324 e. The Morgan fingerprint density at radius 1 is 1.50 bits per heavy atom. The van der Waals surface area contributed by atoms with Crippen LogP contribution >= 0.6 is 11.8 Å². The Hall–Kier alpha value is -2.59. The minimum atomic E-state index is -0.196. The first-order valence-corrected chi connectivity index (χ1v) is 7.56. The van der Waals surface area contributed by atoms with E-state index in [1.807, 2.05) is 17.6 Å². The summed E-state index contributed by atoms with van der Waals surface area (Å²) in [6.07, 6.45) is 1.75. The molecule has 0 fully saturated rings. The second-order valence-corrected chi connectivity index (χ2v) is 5.37. The van der Waals surface area contributed by atoms with E-state index in [9.17, 15) is 4.79 Å². The molecule has 0 radical (unpaired) electrons. The standard InChI is InChI=1S/C15H15N5OS/c1-3-8-20-11(2)18-19-15(20)22-10-14(21)17-13-7-5-4-6-12(13)9-16/h3-7H,1,8,10H2,2H3,(H,17,21). The van der Waals surface area contributed by atoms with Gasteiger partial charge in [-0.1, -0.05) is 30.0 Å². The number of nitrogens with zero attached hydrogens (tertiary/aromatic N) is 4. The molecule has 0 aliphatic rings. The van der Waals surface area contributed by atoms with Gasteiger partial charge in [-0.3, -0.25) is 4.79 Å². The van der Waals surface area contributed by atoms with Gasteiger partial charge in [-0.05, 0) is 19.1 Å². The number of hydrogen-bond acceptors (Lipinski definition) is 5. The second-order valence-electron chi connectivity index (χ2n) is 4.42. The molecule has 0 aliphatic carbocycles. The van der Waals surface area contributed by atoms with E-state index >= 15 is 0 Å². The third-order valence-corrected chi connectivity index (χ3v) is 3.83. The Bertz CT molecular complexity index is 732. The minimum Gasteiger partial charge on any atom is -0.324 e. The third-order valence-electron chi connectivity index (χ3n) is 2.87. The minimum absolute atomic E-state index is 0.190. The molecule has 1 heterocycles. The van der Waals surface area contributed by atoms with Crippen LogP contribution in [-0.4, -0.2) is 26.4 Å². The molecule has 0 saturated carbocycles. The van der Waals surface area contributed by atoms with Crippen LogP contribution in [0.1, 0.15) is 11.4 Å². The molecule has 6 nitrogen and oxygen atoms in total. The molecule has 0 spiro atoms. The molecule has 2 rings (SSSR count). The molecule has 2 aromatic rings. The molecule has 1 amide bonds. The number of aryl methyl sites for hydroxylation is 1. The molecule has 7 heteroatoms. The van der Waals surface area contributed by atoms with Crippen molar-refractivity contribution in [1.29, 1.82) is 5.26 Å². The number of thioether (sulfide) groups is 1. The normalized spacial score (nSPS) is 10.0. The average molecular weight is 313 g/mol. The number of amides is 1. The molecule has 0 saturated heterocycles. The van der Waals surface area contributed by atoms with E-state index in [2.05, 4.69) is 22.1 Å². The maximum atomic E-state index is 12.0. The predicted octanol–water partition coefficient (Wildman–Crippen LogP) is 2.38. The Balaban J connectivity index is 1.99. The van der Waals surface area contributed by atoms with E-state index in [1.54, 1.807) is 30.3 Å². The summed E-state index contributed by atoms with van der Waals surface area (Å²) in [4.78, 5) is 12.0. The van der Waals surface area contributed by atoms with Crippen LogP contribution in [0.15, 0.2) is 42.1 Å². The lowest BCUT2D eigenvalue weighted by molar-refractivity contribution is -0.113.